The molecule has 0 saturated carbocycles. The Labute approximate surface area is 269 Å². The lowest BCUT2D eigenvalue weighted by atomic mass is 10.0. The van der Waals surface area contributed by atoms with Crippen LogP contribution >= 0.6 is 0 Å². The summed E-state index contributed by atoms with van der Waals surface area (Å²) in [7, 11) is 0. The molecule has 0 amide bonds. The molecule has 0 aromatic rings. The van der Waals surface area contributed by atoms with Crippen LogP contribution in [0, 0.1) is 0 Å². The molecule has 1 heteroatoms. The second kappa shape index (κ2) is 39.0. The topological polar surface area (TPSA) is 3.24 Å². The van der Waals surface area contributed by atoms with E-state index in [2.05, 4.69) is 25.7 Å². The van der Waals surface area contributed by atoms with Gasteiger partial charge in [-0.05, 0) is 38.9 Å². The van der Waals surface area contributed by atoms with Gasteiger partial charge in [-0.3, -0.25) is 0 Å². The number of unbranched alkanes of at least 4 members (excludes halogenated alkanes) is 32. The Balaban J connectivity index is 3.89. The van der Waals surface area contributed by atoms with Crippen molar-refractivity contribution in [3.8, 4) is 0 Å². The van der Waals surface area contributed by atoms with Crippen LogP contribution in [-0.2, 0) is 0 Å². The average molecular weight is 592 g/mol. The van der Waals surface area contributed by atoms with Crippen molar-refractivity contribution >= 4 is 0 Å². The molecule has 42 heavy (non-hydrogen) atoms. The number of nitrogens with zero attached hydrogens (tertiary/aromatic N) is 1. The van der Waals surface area contributed by atoms with Gasteiger partial charge in [-0.2, -0.15) is 0 Å². The molecule has 0 atom stereocenters. The molecule has 254 valence electrons. The summed E-state index contributed by atoms with van der Waals surface area (Å²) in [6.07, 6.45) is 51.1. The first-order chi connectivity index (χ1) is 20.8. The van der Waals surface area contributed by atoms with E-state index in [1.807, 2.05) is 0 Å². The van der Waals surface area contributed by atoms with Crippen LogP contribution in [-0.4, -0.2) is 24.5 Å². The molecule has 0 aliphatic heterocycles. The molecule has 0 saturated heterocycles. The maximum absolute atomic E-state index is 2.86. The Bertz CT molecular complexity index is 418. The van der Waals surface area contributed by atoms with Crippen molar-refractivity contribution in [2.75, 3.05) is 19.6 Å². The summed E-state index contributed by atoms with van der Waals surface area (Å²) in [5, 5.41) is 0. The average Bonchev–Trinajstić information content (AvgIpc) is 3.00. The van der Waals surface area contributed by atoms with Gasteiger partial charge in [-0.15, -0.1) is 0 Å². The minimum Gasteiger partial charge on any atom is -0.303 e. The summed E-state index contributed by atoms with van der Waals surface area (Å²) >= 11 is 0. The Morgan fingerprint density at radius 3 is 0.500 bits per heavy atom. The fourth-order valence-electron chi connectivity index (χ4n) is 6.69. The van der Waals surface area contributed by atoms with Crippen LogP contribution in [0.5, 0.6) is 0 Å². The molecule has 0 aromatic heterocycles. The van der Waals surface area contributed by atoms with Crippen molar-refractivity contribution in [3.05, 3.63) is 0 Å². The van der Waals surface area contributed by atoms with Gasteiger partial charge in [0.2, 0.25) is 0 Å². The van der Waals surface area contributed by atoms with E-state index in [-0.39, 0.29) is 0 Å². The summed E-state index contributed by atoms with van der Waals surface area (Å²) in [5.41, 5.74) is 0. The normalized spacial score (nSPS) is 11.7. The summed E-state index contributed by atoms with van der Waals surface area (Å²) in [4.78, 5) is 2.86. The Morgan fingerprint density at radius 2 is 0.333 bits per heavy atom. The van der Waals surface area contributed by atoms with E-state index in [1.165, 1.54) is 244 Å². The van der Waals surface area contributed by atoms with Gasteiger partial charge in [-0.1, -0.05) is 226 Å². The highest BCUT2D eigenvalue weighted by Gasteiger charge is 2.05. The molecular weight excluding hydrogens is 506 g/mol. The molecule has 0 radical (unpaired) electrons. The molecule has 0 rings (SSSR count). The number of hydrogen-bond acceptors (Lipinski definition) is 1. The van der Waals surface area contributed by atoms with Gasteiger partial charge in [-0.25, -0.2) is 0 Å². The first kappa shape index (κ1) is 42.0. The van der Waals surface area contributed by atoms with Gasteiger partial charge in [0.05, 0.1) is 0 Å². The maximum Gasteiger partial charge on any atom is -0.00187 e. The second-order valence-corrected chi connectivity index (χ2v) is 14.2. The van der Waals surface area contributed by atoms with Crippen molar-refractivity contribution < 1.29 is 0 Å². The second-order valence-electron chi connectivity index (χ2n) is 14.2. The predicted molar refractivity (Wildman–Crippen MR) is 195 cm³/mol. The monoisotopic (exact) mass is 592 g/mol. The summed E-state index contributed by atoms with van der Waals surface area (Å²) < 4.78 is 0. The van der Waals surface area contributed by atoms with Crippen LogP contribution in [0.2, 0.25) is 0 Å². The van der Waals surface area contributed by atoms with Crippen LogP contribution in [0.4, 0.5) is 0 Å². The van der Waals surface area contributed by atoms with Crippen LogP contribution in [0.25, 0.3) is 0 Å². The van der Waals surface area contributed by atoms with Gasteiger partial charge in [0.25, 0.3) is 0 Å². The van der Waals surface area contributed by atoms with Crippen LogP contribution in [0.1, 0.15) is 245 Å². The molecule has 0 aromatic carbocycles. The molecule has 0 heterocycles. The molecule has 0 aliphatic rings. The van der Waals surface area contributed by atoms with E-state index < -0.39 is 0 Å². The zero-order valence-corrected chi connectivity index (χ0v) is 30.3. The van der Waals surface area contributed by atoms with Crippen molar-refractivity contribution in [1.29, 1.82) is 0 Å². The lowest BCUT2D eigenvalue weighted by molar-refractivity contribution is 0.254. The van der Waals surface area contributed by atoms with Crippen LogP contribution < -0.4 is 0 Å². The van der Waals surface area contributed by atoms with Crippen LogP contribution in [0.3, 0.4) is 0 Å². The maximum atomic E-state index is 2.86. The molecular formula is C41H85N. The number of rotatable bonds is 38. The Kier molecular flexibility index (Phi) is 38.9. The minimum atomic E-state index is 1.37. The van der Waals surface area contributed by atoms with E-state index in [0.29, 0.717) is 0 Å². The first-order valence-corrected chi connectivity index (χ1v) is 20.6. The molecule has 0 spiro atoms. The fraction of sp³-hybridized carbons (Fsp3) is 1.00. The van der Waals surface area contributed by atoms with E-state index in [4.69, 9.17) is 0 Å². The lowest BCUT2D eigenvalue weighted by Gasteiger charge is -2.22. The minimum absolute atomic E-state index is 1.37. The summed E-state index contributed by atoms with van der Waals surface area (Å²) in [6, 6.07) is 0. The molecule has 0 N–H and O–H groups in total. The molecule has 0 bridgehead atoms. The summed E-state index contributed by atoms with van der Waals surface area (Å²) in [5.74, 6) is 0. The van der Waals surface area contributed by atoms with Gasteiger partial charge >= 0.3 is 0 Å². The lowest BCUT2D eigenvalue weighted by Crippen LogP contribution is -2.27. The SMILES string of the molecule is CCCCCCCCCCCCCCN(CCCCCCCCCCCCC)CCCCCCCCCCCCCC. The van der Waals surface area contributed by atoms with Gasteiger partial charge in [0, 0.05) is 0 Å². The smallest absolute Gasteiger partial charge is 0.00187 e. The van der Waals surface area contributed by atoms with Crippen molar-refractivity contribution in [2.45, 2.75) is 245 Å². The molecule has 0 unspecified atom stereocenters. The van der Waals surface area contributed by atoms with E-state index in [1.54, 1.807) is 0 Å². The highest BCUT2D eigenvalue weighted by Crippen LogP contribution is 2.15. The highest BCUT2D eigenvalue weighted by atomic mass is 15.1. The third-order valence-corrected chi connectivity index (χ3v) is 9.73. The Hall–Kier alpha value is -0.0400. The Morgan fingerprint density at radius 1 is 0.190 bits per heavy atom. The third kappa shape index (κ3) is 36.2. The zero-order valence-electron chi connectivity index (χ0n) is 30.3. The number of hydrogen-bond donors (Lipinski definition) is 0. The van der Waals surface area contributed by atoms with E-state index >= 15 is 0 Å². The largest absolute Gasteiger partial charge is 0.303 e. The fourth-order valence-corrected chi connectivity index (χ4v) is 6.69. The molecule has 1 nitrogen and oxygen atoms in total. The molecule has 0 aliphatic carbocycles. The van der Waals surface area contributed by atoms with Gasteiger partial charge < -0.3 is 4.90 Å². The van der Waals surface area contributed by atoms with Crippen LogP contribution in [0.15, 0.2) is 0 Å². The molecule has 0 fully saturated rings. The first-order valence-electron chi connectivity index (χ1n) is 20.6. The zero-order chi connectivity index (χ0) is 30.4. The summed E-state index contributed by atoms with van der Waals surface area (Å²) in [6.45, 7) is 11.1. The highest BCUT2D eigenvalue weighted by molar-refractivity contribution is 4.61. The standard InChI is InChI=1S/C41H85N/c1-4-7-10-13-16-19-22-25-28-31-34-37-40-42(39-36-33-30-27-24-21-18-15-12-9-6-3)41-38-35-32-29-26-23-20-17-14-11-8-5-2/h4-41H2,1-3H3. The quantitative estimate of drug-likeness (QED) is 0.0645. The van der Waals surface area contributed by atoms with Crippen molar-refractivity contribution in [3.63, 3.8) is 0 Å². The van der Waals surface area contributed by atoms with Gasteiger partial charge in [0.15, 0.2) is 0 Å². The van der Waals surface area contributed by atoms with E-state index in [9.17, 15) is 0 Å². The predicted octanol–water partition coefficient (Wildman–Crippen LogP) is 15.0. The van der Waals surface area contributed by atoms with Crippen molar-refractivity contribution in [1.82, 2.24) is 4.90 Å². The van der Waals surface area contributed by atoms with Crippen molar-refractivity contribution in [2.24, 2.45) is 0 Å². The third-order valence-electron chi connectivity index (χ3n) is 9.73. The van der Waals surface area contributed by atoms with E-state index in [0.717, 1.165) is 0 Å². The van der Waals surface area contributed by atoms with Gasteiger partial charge in [0.1, 0.15) is 0 Å².